The molecule has 0 spiro atoms. The van der Waals surface area contributed by atoms with E-state index in [1.807, 2.05) is 60.7 Å². The summed E-state index contributed by atoms with van der Waals surface area (Å²) in [6, 6.07) is 27.6. The summed E-state index contributed by atoms with van der Waals surface area (Å²) in [6.45, 7) is 0. The maximum atomic E-state index is 14.9. The molecule has 0 unspecified atom stereocenters. The van der Waals surface area contributed by atoms with Crippen LogP contribution in [0.1, 0.15) is 5.56 Å². The lowest BCUT2D eigenvalue weighted by Gasteiger charge is -2.13. The number of fused-ring (bicyclic) bond motifs is 5. The number of anilines is 1. The minimum atomic E-state index is -1.40. The highest BCUT2D eigenvalue weighted by molar-refractivity contribution is 7.00. The lowest BCUT2D eigenvalue weighted by molar-refractivity contribution is 0.549. The maximum absolute atomic E-state index is 14.9. The minimum absolute atomic E-state index is 0.127. The molecule has 196 valence electrons. The Kier molecular flexibility index (Phi) is 5.66. The van der Waals surface area contributed by atoms with E-state index in [9.17, 15) is 13.2 Å². The van der Waals surface area contributed by atoms with Crippen molar-refractivity contribution in [3.8, 4) is 39.6 Å². The molecular formula is C32H16F3N5S. The molecule has 41 heavy (non-hydrogen) atoms. The van der Waals surface area contributed by atoms with Gasteiger partial charge in [-0.2, -0.15) is 14.0 Å². The molecular weight excluding hydrogens is 543 g/mol. The lowest BCUT2D eigenvalue weighted by atomic mass is 9.95. The van der Waals surface area contributed by atoms with E-state index in [1.54, 1.807) is 12.1 Å². The number of hydrogen-bond acceptors (Lipinski definition) is 6. The molecule has 2 N–H and O–H groups in total. The second kappa shape index (κ2) is 9.40. The van der Waals surface area contributed by atoms with Crippen molar-refractivity contribution in [2.45, 2.75) is 0 Å². The Morgan fingerprint density at radius 1 is 0.683 bits per heavy atom. The van der Waals surface area contributed by atoms with Crippen LogP contribution in [0.4, 0.5) is 18.9 Å². The highest BCUT2D eigenvalue weighted by Gasteiger charge is 2.24. The fourth-order valence-corrected chi connectivity index (χ4v) is 5.74. The zero-order valence-electron chi connectivity index (χ0n) is 21.0. The Balaban J connectivity index is 1.40. The molecule has 2 aromatic heterocycles. The molecule has 5 nitrogen and oxygen atoms in total. The number of benzene rings is 5. The molecule has 0 aliphatic carbocycles. The third-order valence-electron chi connectivity index (χ3n) is 7.20. The summed E-state index contributed by atoms with van der Waals surface area (Å²) in [5.41, 5.74) is 9.00. The number of halogens is 3. The summed E-state index contributed by atoms with van der Waals surface area (Å²) in [7, 11) is 0. The van der Waals surface area contributed by atoms with Crippen molar-refractivity contribution in [2.24, 2.45) is 0 Å². The molecule has 0 fully saturated rings. The van der Waals surface area contributed by atoms with Gasteiger partial charge in [0, 0.05) is 21.7 Å². The number of hydrogen-bond donors (Lipinski definition) is 1. The number of nitriles is 1. The first-order valence-corrected chi connectivity index (χ1v) is 13.2. The van der Waals surface area contributed by atoms with Crippen molar-refractivity contribution < 1.29 is 13.2 Å². The third-order valence-corrected chi connectivity index (χ3v) is 7.74. The lowest BCUT2D eigenvalue weighted by Crippen LogP contribution is -2.05. The van der Waals surface area contributed by atoms with Gasteiger partial charge in [0.1, 0.15) is 28.4 Å². The highest BCUT2D eigenvalue weighted by Crippen LogP contribution is 2.39. The first kappa shape index (κ1) is 24.7. The van der Waals surface area contributed by atoms with E-state index in [1.165, 1.54) is 18.2 Å². The van der Waals surface area contributed by atoms with E-state index in [2.05, 4.69) is 8.75 Å². The summed E-state index contributed by atoms with van der Waals surface area (Å²) >= 11 is 1.16. The second-order valence-corrected chi connectivity index (χ2v) is 10.0. The molecule has 0 atom stereocenters. The van der Waals surface area contributed by atoms with Gasteiger partial charge in [-0.05, 0) is 34.9 Å². The molecule has 9 heteroatoms. The van der Waals surface area contributed by atoms with Crippen molar-refractivity contribution >= 4 is 50.1 Å². The topological polar surface area (TPSA) is 88.5 Å². The fourth-order valence-electron chi connectivity index (χ4n) is 5.20. The number of rotatable bonds is 3. The predicted octanol–water partition coefficient (Wildman–Crippen LogP) is 8.26. The molecule has 7 rings (SSSR count). The molecule has 0 aliphatic rings. The molecule has 0 saturated carbocycles. The van der Waals surface area contributed by atoms with Gasteiger partial charge in [-0.25, -0.2) is 18.2 Å². The van der Waals surface area contributed by atoms with Gasteiger partial charge >= 0.3 is 0 Å². The molecule has 5 aromatic carbocycles. The molecule has 0 amide bonds. The second-order valence-electron chi connectivity index (χ2n) is 9.47. The molecule has 2 heterocycles. The van der Waals surface area contributed by atoms with Crippen LogP contribution >= 0.6 is 11.7 Å². The standard InChI is InChI=1S/C32H16F3N5S/c33-27-22(15-36)28(34)30(37)29(35)25(27)17-8-6-16(7-9-17)19-10-11-20-24(14-19)38-31(18-4-2-1-3-5-18)21-12-13-23-32(26(20)21)40-41-39-23/h1-14H,37H2. The Hall–Kier alpha value is -5.33. The van der Waals surface area contributed by atoms with E-state index in [0.717, 1.165) is 66.8 Å². The van der Waals surface area contributed by atoms with Crippen LogP contribution in [-0.2, 0) is 0 Å². The minimum Gasteiger partial charge on any atom is -0.394 e. The van der Waals surface area contributed by atoms with Crippen LogP contribution in [0.5, 0.6) is 0 Å². The quantitative estimate of drug-likeness (QED) is 0.174. The van der Waals surface area contributed by atoms with E-state index >= 15 is 0 Å². The maximum Gasteiger partial charge on any atom is 0.169 e. The van der Waals surface area contributed by atoms with Crippen LogP contribution in [0, 0.1) is 28.8 Å². The number of pyridine rings is 1. The number of aromatic nitrogens is 3. The van der Waals surface area contributed by atoms with E-state index in [-0.39, 0.29) is 5.56 Å². The Morgan fingerprint density at radius 2 is 1.39 bits per heavy atom. The number of nitrogens with zero attached hydrogens (tertiary/aromatic N) is 4. The van der Waals surface area contributed by atoms with Crippen LogP contribution in [-0.4, -0.2) is 13.7 Å². The molecule has 0 aliphatic heterocycles. The number of nitrogens with two attached hydrogens (primary N) is 1. The zero-order valence-corrected chi connectivity index (χ0v) is 21.8. The van der Waals surface area contributed by atoms with Gasteiger partial charge in [-0.3, -0.25) is 0 Å². The van der Waals surface area contributed by atoms with Crippen LogP contribution in [0.15, 0.2) is 84.9 Å². The molecule has 0 radical (unpaired) electrons. The van der Waals surface area contributed by atoms with Gasteiger partial charge in [-0.1, -0.05) is 66.7 Å². The summed E-state index contributed by atoms with van der Waals surface area (Å²) in [4.78, 5) is 5.05. The first-order valence-electron chi connectivity index (χ1n) is 12.5. The normalized spacial score (nSPS) is 11.4. The average molecular weight is 560 g/mol. The van der Waals surface area contributed by atoms with Crippen molar-refractivity contribution in [2.75, 3.05) is 5.73 Å². The van der Waals surface area contributed by atoms with Crippen LogP contribution in [0.2, 0.25) is 0 Å². The number of nitrogen functional groups attached to an aromatic ring is 1. The van der Waals surface area contributed by atoms with E-state index in [4.69, 9.17) is 16.0 Å². The van der Waals surface area contributed by atoms with Crippen LogP contribution < -0.4 is 5.73 Å². The molecule has 7 aromatic rings. The summed E-state index contributed by atoms with van der Waals surface area (Å²) in [6.07, 6.45) is 0. The van der Waals surface area contributed by atoms with Crippen molar-refractivity contribution in [3.63, 3.8) is 0 Å². The molecule has 0 bridgehead atoms. The highest BCUT2D eigenvalue weighted by atomic mass is 32.1. The largest absolute Gasteiger partial charge is 0.394 e. The van der Waals surface area contributed by atoms with E-state index in [0.29, 0.717) is 0 Å². The average Bonchev–Trinajstić information content (AvgIpc) is 3.50. The van der Waals surface area contributed by atoms with Gasteiger partial charge in [0.25, 0.3) is 0 Å². The predicted molar refractivity (Wildman–Crippen MR) is 156 cm³/mol. The first-order chi connectivity index (χ1) is 20.0. The fraction of sp³-hybridized carbons (Fsp3) is 0. The van der Waals surface area contributed by atoms with Gasteiger partial charge in [-0.15, -0.1) is 0 Å². The van der Waals surface area contributed by atoms with Crippen molar-refractivity contribution in [3.05, 3.63) is 108 Å². The van der Waals surface area contributed by atoms with Crippen LogP contribution in [0.25, 0.3) is 66.2 Å². The van der Waals surface area contributed by atoms with E-state index < -0.39 is 34.3 Å². The van der Waals surface area contributed by atoms with Gasteiger partial charge in [0.05, 0.1) is 28.5 Å². The zero-order chi connectivity index (χ0) is 28.2. The molecule has 0 saturated heterocycles. The summed E-state index contributed by atoms with van der Waals surface area (Å²) < 4.78 is 52.8. The SMILES string of the molecule is N#Cc1c(F)c(N)c(F)c(-c2ccc(-c3ccc4c(c3)nc(-c3ccccc3)c3ccc5nsnc5c34)cc2)c1F. The summed E-state index contributed by atoms with van der Waals surface area (Å²) in [5, 5.41) is 12.0. The Bertz CT molecular complexity index is 2200. The third kappa shape index (κ3) is 3.80. The monoisotopic (exact) mass is 559 g/mol. The smallest absolute Gasteiger partial charge is 0.169 e. The van der Waals surface area contributed by atoms with Crippen molar-refractivity contribution in [1.29, 1.82) is 5.26 Å². The van der Waals surface area contributed by atoms with Gasteiger partial charge in [0.15, 0.2) is 17.5 Å². The van der Waals surface area contributed by atoms with Gasteiger partial charge in [0.2, 0.25) is 0 Å². The van der Waals surface area contributed by atoms with Crippen LogP contribution in [0.3, 0.4) is 0 Å². The van der Waals surface area contributed by atoms with Gasteiger partial charge < -0.3 is 5.73 Å². The Morgan fingerprint density at radius 3 is 2.15 bits per heavy atom. The Labute approximate surface area is 235 Å². The van der Waals surface area contributed by atoms with Crippen molar-refractivity contribution in [1.82, 2.24) is 13.7 Å². The summed E-state index contributed by atoms with van der Waals surface area (Å²) in [5.74, 6) is -3.94.